The third kappa shape index (κ3) is 5.53. The quantitative estimate of drug-likeness (QED) is 0.434. The smallest absolute Gasteiger partial charge is 0.226 e. The van der Waals surface area contributed by atoms with Crippen molar-refractivity contribution in [2.45, 2.75) is 26.9 Å². The number of aryl methyl sites for hydroxylation is 1. The Morgan fingerprint density at radius 2 is 1.83 bits per heavy atom. The average molecular weight is 409 g/mol. The van der Waals surface area contributed by atoms with Gasteiger partial charge in [-0.05, 0) is 43.7 Å². The number of hydrogen-bond donors (Lipinski definition) is 2. The molecular formula is C23H28N4O3. The lowest BCUT2D eigenvalue weighted by atomic mass is 10.1. The first-order valence-corrected chi connectivity index (χ1v) is 9.88. The number of nitrogens with zero attached hydrogens (tertiary/aromatic N) is 2. The van der Waals surface area contributed by atoms with Gasteiger partial charge in [-0.15, -0.1) is 0 Å². The second-order valence-corrected chi connectivity index (χ2v) is 6.71. The van der Waals surface area contributed by atoms with Crippen molar-refractivity contribution in [2.24, 2.45) is 4.99 Å². The van der Waals surface area contributed by atoms with E-state index in [-0.39, 0.29) is 0 Å². The number of ether oxygens (including phenoxy) is 2. The van der Waals surface area contributed by atoms with Gasteiger partial charge in [-0.25, -0.2) is 4.98 Å². The van der Waals surface area contributed by atoms with Gasteiger partial charge < -0.3 is 24.5 Å². The molecule has 2 N–H and O–H groups in total. The Morgan fingerprint density at radius 3 is 2.53 bits per heavy atom. The van der Waals surface area contributed by atoms with E-state index in [1.807, 2.05) is 49.4 Å². The van der Waals surface area contributed by atoms with Crippen LogP contribution in [-0.2, 0) is 13.1 Å². The number of hydrogen-bond acceptors (Lipinski definition) is 5. The van der Waals surface area contributed by atoms with E-state index in [4.69, 9.17) is 13.9 Å². The number of nitrogens with one attached hydrogen (secondary N) is 2. The summed E-state index contributed by atoms with van der Waals surface area (Å²) in [6, 6.07) is 14.0. The summed E-state index contributed by atoms with van der Waals surface area (Å²) in [7, 11) is 3.37. The summed E-state index contributed by atoms with van der Waals surface area (Å²) >= 11 is 0. The number of guanidine groups is 1. The Morgan fingerprint density at radius 1 is 1.07 bits per heavy atom. The van der Waals surface area contributed by atoms with Crippen LogP contribution in [0.15, 0.2) is 58.1 Å². The van der Waals surface area contributed by atoms with Crippen LogP contribution in [0.5, 0.6) is 11.5 Å². The van der Waals surface area contributed by atoms with Gasteiger partial charge in [0.05, 0.1) is 26.0 Å². The molecule has 0 radical (unpaired) electrons. The molecule has 0 bridgehead atoms. The minimum Gasteiger partial charge on any atom is -0.493 e. The zero-order chi connectivity index (χ0) is 21.3. The van der Waals surface area contributed by atoms with E-state index < -0.39 is 0 Å². The van der Waals surface area contributed by atoms with Crippen LogP contribution in [-0.4, -0.2) is 31.7 Å². The molecule has 158 valence electrons. The van der Waals surface area contributed by atoms with Gasteiger partial charge >= 0.3 is 0 Å². The first-order chi connectivity index (χ1) is 14.6. The van der Waals surface area contributed by atoms with Gasteiger partial charge in [0, 0.05) is 19.2 Å². The maximum absolute atomic E-state index is 5.63. The van der Waals surface area contributed by atoms with Crippen LogP contribution in [0.1, 0.15) is 23.7 Å². The predicted octanol–water partition coefficient (Wildman–Crippen LogP) is 3.92. The highest BCUT2D eigenvalue weighted by Crippen LogP contribution is 2.28. The van der Waals surface area contributed by atoms with Gasteiger partial charge in [0.2, 0.25) is 5.89 Å². The van der Waals surface area contributed by atoms with Gasteiger partial charge in [-0.1, -0.05) is 23.8 Å². The van der Waals surface area contributed by atoms with Crippen molar-refractivity contribution < 1.29 is 13.9 Å². The summed E-state index contributed by atoms with van der Waals surface area (Å²) in [6.07, 6.45) is 1.66. The molecule has 0 aliphatic heterocycles. The Bertz CT molecular complexity index is 980. The molecule has 0 unspecified atom stereocenters. The molecule has 0 atom stereocenters. The molecule has 0 saturated heterocycles. The van der Waals surface area contributed by atoms with Crippen LogP contribution < -0.4 is 20.1 Å². The predicted molar refractivity (Wildman–Crippen MR) is 118 cm³/mol. The van der Waals surface area contributed by atoms with Gasteiger partial charge in [0.25, 0.3) is 0 Å². The summed E-state index contributed by atoms with van der Waals surface area (Å²) in [5.41, 5.74) is 4.02. The molecule has 1 aromatic heterocycles. The lowest BCUT2D eigenvalue weighted by molar-refractivity contribution is 0.310. The standard InChI is InChI=1S/C23H28N4O3/c1-5-29-21-12-17(8-11-20(21)28-4)13-25-23(24-3)26-14-19-15-30-22(27-19)18-9-6-16(2)7-10-18/h6-12,15H,5,13-14H2,1-4H3,(H2,24,25,26). The molecule has 2 aromatic carbocycles. The number of rotatable bonds is 8. The fourth-order valence-corrected chi connectivity index (χ4v) is 2.90. The Kier molecular flexibility index (Phi) is 7.32. The molecule has 0 aliphatic carbocycles. The molecule has 3 aromatic rings. The maximum atomic E-state index is 5.63. The van der Waals surface area contributed by atoms with E-state index >= 15 is 0 Å². The van der Waals surface area contributed by atoms with Gasteiger partial charge in [0.15, 0.2) is 17.5 Å². The third-order valence-corrected chi connectivity index (χ3v) is 4.50. The first-order valence-electron chi connectivity index (χ1n) is 9.88. The summed E-state index contributed by atoms with van der Waals surface area (Å²) in [5.74, 6) is 2.73. The molecule has 3 rings (SSSR count). The Balaban J connectivity index is 1.55. The molecule has 7 heteroatoms. The minimum atomic E-state index is 0.502. The summed E-state index contributed by atoms with van der Waals surface area (Å²) < 4.78 is 16.6. The topological polar surface area (TPSA) is 80.9 Å². The van der Waals surface area contributed by atoms with Crippen LogP contribution in [0.4, 0.5) is 0 Å². The van der Waals surface area contributed by atoms with Gasteiger partial charge in [-0.2, -0.15) is 0 Å². The number of aromatic nitrogens is 1. The van der Waals surface area contributed by atoms with Gasteiger partial charge in [-0.3, -0.25) is 4.99 Å². The van der Waals surface area contributed by atoms with Crippen molar-refractivity contribution >= 4 is 5.96 Å². The first kappa shape index (κ1) is 21.2. The number of methoxy groups -OCH3 is 1. The molecule has 0 amide bonds. The van der Waals surface area contributed by atoms with Crippen molar-refractivity contribution in [2.75, 3.05) is 20.8 Å². The van der Waals surface area contributed by atoms with Crippen LogP contribution >= 0.6 is 0 Å². The molecule has 1 heterocycles. The van der Waals surface area contributed by atoms with E-state index in [1.165, 1.54) is 5.56 Å². The van der Waals surface area contributed by atoms with E-state index in [1.54, 1.807) is 20.4 Å². The highest BCUT2D eigenvalue weighted by atomic mass is 16.5. The van der Waals surface area contributed by atoms with E-state index in [0.29, 0.717) is 31.5 Å². The van der Waals surface area contributed by atoms with Crippen LogP contribution in [0.3, 0.4) is 0 Å². The molecule has 0 aliphatic rings. The molecule has 0 saturated carbocycles. The lowest BCUT2D eigenvalue weighted by Crippen LogP contribution is -2.36. The van der Waals surface area contributed by atoms with E-state index in [0.717, 1.165) is 28.3 Å². The van der Waals surface area contributed by atoms with Crippen molar-refractivity contribution in [1.29, 1.82) is 0 Å². The van der Waals surface area contributed by atoms with Crippen molar-refractivity contribution in [3.8, 4) is 23.0 Å². The monoisotopic (exact) mass is 408 g/mol. The van der Waals surface area contributed by atoms with Crippen molar-refractivity contribution in [3.63, 3.8) is 0 Å². The second kappa shape index (κ2) is 10.3. The zero-order valence-corrected chi connectivity index (χ0v) is 17.9. The van der Waals surface area contributed by atoms with E-state index in [9.17, 15) is 0 Å². The summed E-state index contributed by atoms with van der Waals surface area (Å²) in [5, 5.41) is 6.54. The van der Waals surface area contributed by atoms with Crippen LogP contribution in [0, 0.1) is 6.92 Å². The Hall–Kier alpha value is -3.48. The molecule has 0 spiro atoms. The largest absolute Gasteiger partial charge is 0.493 e. The summed E-state index contributed by atoms with van der Waals surface area (Å²) in [4.78, 5) is 8.81. The lowest BCUT2D eigenvalue weighted by Gasteiger charge is -2.13. The SMILES string of the molecule is CCOc1cc(CNC(=NC)NCc2coc(-c3ccc(C)cc3)n2)ccc1OC. The third-order valence-electron chi connectivity index (χ3n) is 4.50. The van der Waals surface area contributed by atoms with Crippen LogP contribution in [0.2, 0.25) is 0 Å². The molecule has 30 heavy (non-hydrogen) atoms. The normalized spacial score (nSPS) is 11.3. The highest BCUT2D eigenvalue weighted by molar-refractivity contribution is 5.79. The van der Waals surface area contributed by atoms with Crippen molar-refractivity contribution in [1.82, 2.24) is 15.6 Å². The van der Waals surface area contributed by atoms with Gasteiger partial charge in [0.1, 0.15) is 6.26 Å². The second-order valence-electron chi connectivity index (χ2n) is 6.71. The van der Waals surface area contributed by atoms with Crippen LogP contribution in [0.25, 0.3) is 11.5 Å². The Labute approximate surface area is 177 Å². The number of oxazole rings is 1. The highest BCUT2D eigenvalue weighted by Gasteiger charge is 2.09. The van der Waals surface area contributed by atoms with E-state index in [2.05, 4.69) is 27.5 Å². The van der Waals surface area contributed by atoms with Crippen molar-refractivity contribution in [3.05, 3.63) is 65.5 Å². The minimum absolute atomic E-state index is 0.502. The number of benzene rings is 2. The maximum Gasteiger partial charge on any atom is 0.226 e. The molecular weight excluding hydrogens is 380 g/mol. The fourth-order valence-electron chi connectivity index (χ4n) is 2.90. The number of aliphatic imine (C=N–C) groups is 1. The fraction of sp³-hybridized carbons (Fsp3) is 0.304. The zero-order valence-electron chi connectivity index (χ0n) is 17.9. The molecule has 7 nitrogen and oxygen atoms in total. The summed E-state index contributed by atoms with van der Waals surface area (Å²) in [6.45, 7) is 5.68. The molecule has 0 fully saturated rings. The average Bonchev–Trinajstić information content (AvgIpc) is 3.24.